The molecular formula is C13H22N2S. The third-order valence-electron chi connectivity index (χ3n) is 3.19. The molecule has 0 amide bonds. The molecule has 2 atom stereocenters. The van der Waals surface area contributed by atoms with Gasteiger partial charge in [0.05, 0.1) is 10.7 Å². The maximum atomic E-state index is 4.64. The lowest BCUT2D eigenvalue weighted by Gasteiger charge is -2.01. The molecule has 1 heterocycles. The Morgan fingerprint density at radius 2 is 2.38 bits per heavy atom. The predicted octanol–water partition coefficient (Wildman–Crippen LogP) is 3.54. The first kappa shape index (κ1) is 12.1. The predicted molar refractivity (Wildman–Crippen MR) is 69.8 cm³/mol. The third kappa shape index (κ3) is 3.05. The quantitative estimate of drug-likeness (QED) is 0.820. The van der Waals surface area contributed by atoms with Gasteiger partial charge in [0.25, 0.3) is 0 Å². The van der Waals surface area contributed by atoms with E-state index in [9.17, 15) is 0 Å². The highest BCUT2D eigenvalue weighted by atomic mass is 32.1. The molecule has 1 saturated carbocycles. The van der Waals surface area contributed by atoms with Gasteiger partial charge in [-0.3, -0.25) is 0 Å². The van der Waals surface area contributed by atoms with Crippen molar-refractivity contribution in [2.75, 3.05) is 0 Å². The molecule has 2 unspecified atom stereocenters. The van der Waals surface area contributed by atoms with Crippen molar-refractivity contribution >= 4 is 11.3 Å². The van der Waals surface area contributed by atoms with Crippen molar-refractivity contribution in [2.24, 2.45) is 5.92 Å². The minimum Gasteiger partial charge on any atom is -0.308 e. The molecule has 1 aromatic rings. The molecule has 1 N–H and O–H groups in total. The van der Waals surface area contributed by atoms with Crippen molar-refractivity contribution in [1.29, 1.82) is 0 Å². The first-order valence-corrected chi connectivity index (χ1v) is 7.26. The molecule has 0 aliphatic heterocycles. The summed E-state index contributed by atoms with van der Waals surface area (Å²) >= 11 is 1.79. The van der Waals surface area contributed by atoms with Crippen LogP contribution in [-0.2, 0) is 6.54 Å². The Bertz CT molecular complexity index is 332. The maximum Gasteiger partial charge on any atom is 0.0954 e. The van der Waals surface area contributed by atoms with E-state index in [4.69, 9.17) is 0 Å². The minimum absolute atomic E-state index is 0.563. The summed E-state index contributed by atoms with van der Waals surface area (Å²) in [5.74, 6) is 1.50. The monoisotopic (exact) mass is 238 g/mol. The van der Waals surface area contributed by atoms with E-state index in [-0.39, 0.29) is 0 Å². The first-order valence-electron chi connectivity index (χ1n) is 6.38. The Hall–Kier alpha value is -0.410. The number of hydrogen-bond donors (Lipinski definition) is 1. The van der Waals surface area contributed by atoms with Crippen LogP contribution in [0.3, 0.4) is 0 Å². The fraction of sp³-hybridized carbons (Fsp3) is 0.769. The van der Waals surface area contributed by atoms with Crippen LogP contribution in [0.4, 0.5) is 0 Å². The molecule has 1 fully saturated rings. The molecule has 3 heteroatoms. The Balaban J connectivity index is 1.74. The second-order valence-corrected chi connectivity index (χ2v) is 5.99. The van der Waals surface area contributed by atoms with Crippen LogP contribution < -0.4 is 5.32 Å². The van der Waals surface area contributed by atoms with E-state index in [1.165, 1.54) is 30.0 Å². The summed E-state index contributed by atoms with van der Waals surface area (Å²) in [6.45, 7) is 7.63. The van der Waals surface area contributed by atoms with Gasteiger partial charge in [0.2, 0.25) is 0 Å². The molecular weight excluding hydrogens is 216 g/mol. The SMILES string of the molecule is CCCC1CC1NCc1csc(C(C)C)n1. The van der Waals surface area contributed by atoms with Gasteiger partial charge in [-0.1, -0.05) is 27.2 Å². The van der Waals surface area contributed by atoms with Gasteiger partial charge < -0.3 is 5.32 Å². The lowest BCUT2D eigenvalue weighted by atomic mass is 10.2. The smallest absolute Gasteiger partial charge is 0.0954 e. The summed E-state index contributed by atoms with van der Waals surface area (Å²) in [6.07, 6.45) is 4.07. The Kier molecular flexibility index (Phi) is 3.98. The van der Waals surface area contributed by atoms with Crippen LogP contribution in [0.2, 0.25) is 0 Å². The van der Waals surface area contributed by atoms with E-state index >= 15 is 0 Å². The summed E-state index contributed by atoms with van der Waals surface area (Å²) < 4.78 is 0. The molecule has 0 radical (unpaired) electrons. The second-order valence-electron chi connectivity index (χ2n) is 5.10. The Morgan fingerprint density at radius 1 is 1.56 bits per heavy atom. The van der Waals surface area contributed by atoms with Crippen LogP contribution >= 0.6 is 11.3 Å². The normalized spacial score (nSPS) is 24.0. The molecule has 0 bridgehead atoms. The summed E-state index contributed by atoms with van der Waals surface area (Å²) in [5, 5.41) is 7.06. The van der Waals surface area contributed by atoms with E-state index in [1.54, 1.807) is 11.3 Å². The lowest BCUT2D eigenvalue weighted by Crippen LogP contribution is -2.17. The molecule has 2 nitrogen and oxygen atoms in total. The first-order chi connectivity index (χ1) is 7.70. The minimum atomic E-state index is 0.563. The van der Waals surface area contributed by atoms with Crippen LogP contribution in [0, 0.1) is 5.92 Å². The van der Waals surface area contributed by atoms with Crippen molar-refractivity contribution in [3.05, 3.63) is 16.1 Å². The molecule has 0 saturated heterocycles. The zero-order valence-electron chi connectivity index (χ0n) is 10.5. The fourth-order valence-corrected chi connectivity index (χ4v) is 2.93. The van der Waals surface area contributed by atoms with Crippen LogP contribution in [-0.4, -0.2) is 11.0 Å². The highest BCUT2D eigenvalue weighted by molar-refractivity contribution is 7.09. The average Bonchev–Trinajstić information content (AvgIpc) is 2.80. The van der Waals surface area contributed by atoms with Crippen molar-refractivity contribution in [2.45, 2.75) is 58.5 Å². The number of thiazole rings is 1. The molecule has 0 aromatic carbocycles. The van der Waals surface area contributed by atoms with Gasteiger partial charge in [-0.25, -0.2) is 4.98 Å². The largest absolute Gasteiger partial charge is 0.308 e. The zero-order valence-corrected chi connectivity index (χ0v) is 11.3. The van der Waals surface area contributed by atoms with Gasteiger partial charge in [0, 0.05) is 23.9 Å². The average molecular weight is 238 g/mol. The van der Waals surface area contributed by atoms with E-state index in [0.717, 1.165) is 18.5 Å². The number of rotatable bonds is 6. The second kappa shape index (κ2) is 5.28. The molecule has 1 aliphatic carbocycles. The van der Waals surface area contributed by atoms with Crippen molar-refractivity contribution in [3.8, 4) is 0 Å². The summed E-state index contributed by atoms with van der Waals surface area (Å²) in [6, 6.07) is 0.768. The standard InChI is InChI=1S/C13H22N2S/c1-4-5-10-6-12(10)14-7-11-8-16-13(15-11)9(2)3/h8-10,12,14H,4-7H2,1-3H3. The van der Waals surface area contributed by atoms with Gasteiger partial charge in [0.1, 0.15) is 0 Å². The Labute approximate surface area is 102 Å². The summed E-state index contributed by atoms with van der Waals surface area (Å²) in [7, 11) is 0. The highest BCUT2D eigenvalue weighted by Crippen LogP contribution is 2.34. The van der Waals surface area contributed by atoms with Crippen molar-refractivity contribution in [3.63, 3.8) is 0 Å². The van der Waals surface area contributed by atoms with Crippen molar-refractivity contribution in [1.82, 2.24) is 10.3 Å². The van der Waals surface area contributed by atoms with E-state index < -0.39 is 0 Å². The van der Waals surface area contributed by atoms with Gasteiger partial charge in [-0.15, -0.1) is 11.3 Å². The van der Waals surface area contributed by atoms with Gasteiger partial charge in [0.15, 0.2) is 0 Å². The van der Waals surface area contributed by atoms with Crippen LogP contribution in [0.5, 0.6) is 0 Å². The number of nitrogens with one attached hydrogen (secondary N) is 1. The number of aromatic nitrogens is 1. The maximum absolute atomic E-state index is 4.64. The molecule has 1 aliphatic rings. The zero-order chi connectivity index (χ0) is 11.5. The van der Waals surface area contributed by atoms with Crippen LogP contribution in [0.1, 0.15) is 56.7 Å². The summed E-state index contributed by atoms with van der Waals surface area (Å²) in [5.41, 5.74) is 1.22. The van der Waals surface area contributed by atoms with E-state index in [1.807, 2.05) is 0 Å². The van der Waals surface area contributed by atoms with Gasteiger partial charge in [-0.05, 0) is 18.8 Å². The molecule has 16 heavy (non-hydrogen) atoms. The van der Waals surface area contributed by atoms with E-state index in [2.05, 4.69) is 36.5 Å². The Morgan fingerprint density at radius 3 is 3.00 bits per heavy atom. The topological polar surface area (TPSA) is 24.9 Å². The fourth-order valence-electron chi connectivity index (χ4n) is 2.09. The van der Waals surface area contributed by atoms with Gasteiger partial charge in [-0.2, -0.15) is 0 Å². The summed E-state index contributed by atoms with van der Waals surface area (Å²) in [4.78, 5) is 4.64. The lowest BCUT2D eigenvalue weighted by molar-refractivity contribution is 0.594. The number of nitrogens with zero attached hydrogens (tertiary/aromatic N) is 1. The number of hydrogen-bond acceptors (Lipinski definition) is 3. The molecule has 2 rings (SSSR count). The van der Waals surface area contributed by atoms with E-state index in [0.29, 0.717) is 5.92 Å². The third-order valence-corrected chi connectivity index (χ3v) is 4.38. The molecule has 1 aromatic heterocycles. The molecule has 90 valence electrons. The van der Waals surface area contributed by atoms with Crippen LogP contribution in [0.25, 0.3) is 0 Å². The van der Waals surface area contributed by atoms with Crippen molar-refractivity contribution < 1.29 is 0 Å². The highest BCUT2D eigenvalue weighted by Gasteiger charge is 2.35. The van der Waals surface area contributed by atoms with Gasteiger partial charge >= 0.3 is 0 Å². The molecule has 0 spiro atoms. The van der Waals surface area contributed by atoms with Crippen LogP contribution in [0.15, 0.2) is 5.38 Å².